The molecule has 0 atom stereocenters. The number of hydrogen-bond acceptors (Lipinski definition) is 3. The molecule has 0 aliphatic heterocycles. The van der Waals surface area contributed by atoms with Gasteiger partial charge < -0.3 is 10.3 Å². The van der Waals surface area contributed by atoms with Gasteiger partial charge in [-0.1, -0.05) is 19.1 Å². The van der Waals surface area contributed by atoms with E-state index in [1.165, 1.54) is 6.20 Å². The average molecular weight is 307 g/mol. The summed E-state index contributed by atoms with van der Waals surface area (Å²) >= 11 is 0. The highest BCUT2D eigenvalue weighted by molar-refractivity contribution is 7.92. The third-order valence-electron chi connectivity index (χ3n) is 3.44. The summed E-state index contributed by atoms with van der Waals surface area (Å²) in [6, 6.07) is 7.22. The molecule has 0 amide bonds. The molecule has 0 spiro atoms. The number of aromatic nitrogens is 1. The van der Waals surface area contributed by atoms with Gasteiger partial charge >= 0.3 is 0 Å². The van der Waals surface area contributed by atoms with Crippen molar-refractivity contribution in [2.75, 3.05) is 11.3 Å². The molecule has 5 nitrogen and oxygen atoms in total. The van der Waals surface area contributed by atoms with Gasteiger partial charge in [-0.25, -0.2) is 8.42 Å². The van der Waals surface area contributed by atoms with E-state index in [1.54, 1.807) is 12.1 Å². The molecule has 1 aromatic heterocycles. The van der Waals surface area contributed by atoms with Crippen LogP contribution in [0.4, 0.5) is 5.69 Å². The van der Waals surface area contributed by atoms with E-state index in [0.29, 0.717) is 12.2 Å². The molecule has 0 saturated heterocycles. The molecule has 0 radical (unpaired) electrons. The molecule has 0 fully saturated rings. The van der Waals surface area contributed by atoms with E-state index < -0.39 is 10.0 Å². The molecule has 1 heterocycles. The average Bonchev–Trinajstić information content (AvgIpc) is 2.91. The van der Waals surface area contributed by atoms with Gasteiger partial charge in [0.25, 0.3) is 10.0 Å². The fraction of sp³-hybridized carbons (Fsp3) is 0.333. The summed E-state index contributed by atoms with van der Waals surface area (Å²) in [6.07, 6.45) is 1.51. The first-order valence-corrected chi connectivity index (χ1v) is 8.39. The number of aryl methyl sites for hydroxylation is 1. The Balaban J connectivity index is 2.22. The quantitative estimate of drug-likeness (QED) is 0.768. The monoisotopic (exact) mass is 307 g/mol. The fourth-order valence-electron chi connectivity index (χ4n) is 2.00. The van der Waals surface area contributed by atoms with Gasteiger partial charge in [-0.3, -0.25) is 4.72 Å². The fourth-order valence-corrected chi connectivity index (χ4v) is 3.14. The lowest BCUT2D eigenvalue weighted by molar-refractivity contribution is 0.601. The largest absolute Gasteiger partial charge is 0.363 e. The Morgan fingerprint density at radius 1 is 1.24 bits per heavy atom. The molecule has 2 aromatic rings. The molecule has 0 aliphatic carbocycles. The number of sulfonamides is 1. The van der Waals surface area contributed by atoms with Gasteiger partial charge in [0.05, 0.1) is 5.69 Å². The lowest BCUT2D eigenvalue weighted by atomic mass is 10.1. The van der Waals surface area contributed by atoms with Gasteiger partial charge in [-0.05, 0) is 43.7 Å². The number of nitrogens with one attached hydrogen (secondary N) is 3. The SMILES string of the molecule is CCNCc1cc(S(=O)(=O)Nc2cccc(C)c2C)c[nH]1. The maximum absolute atomic E-state index is 12.4. The first kappa shape index (κ1) is 15.6. The van der Waals surface area contributed by atoms with Crippen molar-refractivity contribution in [2.45, 2.75) is 32.2 Å². The Kier molecular flexibility index (Phi) is 4.69. The molecule has 0 unspecified atom stereocenters. The third kappa shape index (κ3) is 3.65. The van der Waals surface area contributed by atoms with Gasteiger partial charge in [0.2, 0.25) is 0 Å². The van der Waals surface area contributed by atoms with E-state index in [-0.39, 0.29) is 4.90 Å². The molecule has 0 saturated carbocycles. The molecule has 21 heavy (non-hydrogen) atoms. The Morgan fingerprint density at radius 3 is 2.71 bits per heavy atom. The maximum Gasteiger partial charge on any atom is 0.263 e. The van der Waals surface area contributed by atoms with Crippen molar-refractivity contribution >= 4 is 15.7 Å². The van der Waals surface area contributed by atoms with Crippen LogP contribution in [0.2, 0.25) is 0 Å². The number of H-pyrrole nitrogens is 1. The zero-order chi connectivity index (χ0) is 15.5. The Morgan fingerprint density at radius 2 is 2.00 bits per heavy atom. The van der Waals surface area contributed by atoms with Crippen molar-refractivity contribution in [3.63, 3.8) is 0 Å². The van der Waals surface area contributed by atoms with Crippen molar-refractivity contribution in [1.29, 1.82) is 0 Å². The molecule has 1 aromatic carbocycles. The molecule has 0 bridgehead atoms. The van der Waals surface area contributed by atoms with Crippen LogP contribution >= 0.6 is 0 Å². The highest BCUT2D eigenvalue weighted by atomic mass is 32.2. The first-order chi connectivity index (χ1) is 9.94. The van der Waals surface area contributed by atoms with Crippen LogP contribution in [-0.2, 0) is 16.6 Å². The predicted octanol–water partition coefficient (Wildman–Crippen LogP) is 2.54. The van der Waals surface area contributed by atoms with Gasteiger partial charge in [0.15, 0.2) is 0 Å². The van der Waals surface area contributed by atoms with Crippen molar-refractivity contribution in [1.82, 2.24) is 10.3 Å². The summed E-state index contributed by atoms with van der Waals surface area (Å²) in [7, 11) is -3.57. The Hall–Kier alpha value is -1.79. The molecular formula is C15H21N3O2S. The molecule has 6 heteroatoms. The maximum atomic E-state index is 12.4. The third-order valence-corrected chi connectivity index (χ3v) is 4.79. The summed E-state index contributed by atoms with van der Waals surface area (Å²) in [5, 5.41) is 3.15. The summed E-state index contributed by atoms with van der Waals surface area (Å²) in [6.45, 7) is 7.32. The molecule has 2 rings (SSSR count). The van der Waals surface area contributed by atoms with Crippen LogP contribution in [0.25, 0.3) is 0 Å². The summed E-state index contributed by atoms with van der Waals surface area (Å²) in [5.41, 5.74) is 3.45. The van der Waals surface area contributed by atoms with E-state index in [9.17, 15) is 8.42 Å². The lowest BCUT2D eigenvalue weighted by Crippen LogP contribution is -2.14. The van der Waals surface area contributed by atoms with E-state index in [0.717, 1.165) is 23.4 Å². The number of anilines is 1. The zero-order valence-corrected chi connectivity index (χ0v) is 13.3. The van der Waals surface area contributed by atoms with Crippen molar-refractivity contribution in [3.8, 4) is 0 Å². The van der Waals surface area contributed by atoms with Crippen LogP contribution in [-0.4, -0.2) is 19.9 Å². The molecule has 114 valence electrons. The van der Waals surface area contributed by atoms with Gasteiger partial charge in [-0.2, -0.15) is 0 Å². The minimum Gasteiger partial charge on any atom is -0.363 e. The Labute approximate surface area is 125 Å². The normalized spacial score (nSPS) is 11.6. The molecular weight excluding hydrogens is 286 g/mol. The second kappa shape index (κ2) is 6.32. The van der Waals surface area contributed by atoms with Crippen LogP contribution in [0, 0.1) is 13.8 Å². The van der Waals surface area contributed by atoms with Crippen LogP contribution in [0.1, 0.15) is 23.7 Å². The summed E-state index contributed by atoms with van der Waals surface area (Å²) < 4.78 is 27.4. The van der Waals surface area contributed by atoms with Crippen LogP contribution in [0.3, 0.4) is 0 Å². The highest BCUT2D eigenvalue weighted by Gasteiger charge is 2.17. The highest BCUT2D eigenvalue weighted by Crippen LogP contribution is 2.22. The Bertz CT molecular complexity index is 720. The van der Waals surface area contributed by atoms with Crippen molar-refractivity contribution < 1.29 is 8.42 Å². The van der Waals surface area contributed by atoms with Gasteiger partial charge in [0.1, 0.15) is 4.90 Å². The number of hydrogen-bond donors (Lipinski definition) is 3. The van der Waals surface area contributed by atoms with E-state index in [1.807, 2.05) is 32.9 Å². The van der Waals surface area contributed by atoms with E-state index in [4.69, 9.17) is 0 Å². The van der Waals surface area contributed by atoms with Crippen LogP contribution in [0.15, 0.2) is 35.4 Å². The number of benzene rings is 1. The minimum absolute atomic E-state index is 0.247. The first-order valence-electron chi connectivity index (χ1n) is 6.91. The standard InChI is InChI=1S/C15H21N3O2S/c1-4-16-9-13-8-14(10-17-13)21(19,20)18-15-7-5-6-11(2)12(15)3/h5-8,10,16-18H,4,9H2,1-3H3. The zero-order valence-electron chi connectivity index (χ0n) is 12.5. The number of rotatable bonds is 6. The number of aromatic amines is 1. The van der Waals surface area contributed by atoms with Gasteiger partial charge in [0, 0.05) is 18.4 Å². The van der Waals surface area contributed by atoms with Crippen molar-refractivity contribution in [3.05, 3.63) is 47.3 Å². The van der Waals surface area contributed by atoms with E-state index in [2.05, 4.69) is 15.0 Å². The minimum atomic E-state index is -3.57. The van der Waals surface area contributed by atoms with Crippen LogP contribution in [0.5, 0.6) is 0 Å². The van der Waals surface area contributed by atoms with Crippen LogP contribution < -0.4 is 10.0 Å². The van der Waals surface area contributed by atoms with E-state index >= 15 is 0 Å². The summed E-state index contributed by atoms with van der Waals surface area (Å²) in [5.74, 6) is 0. The second-order valence-electron chi connectivity index (χ2n) is 4.99. The topological polar surface area (TPSA) is 74.0 Å². The van der Waals surface area contributed by atoms with Gasteiger partial charge in [-0.15, -0.1) is 0 Å². The molecule has 0 aliphatic rings. The predicted molar refractivity (Wildman–Crippen MR) is 84.9 cm³/mol. The second-order valence-corrected chi connectivity index (χ2v) is 6.68. The lowest BCUT2D eigenvalue weighted by Gasteiger charge is -2.11. The smallest absolute Gasteiger partial charge is 0.263 e. The van der Waals surface area contributed by atoms with Crippen molar-refractivity contribution in [2.24, 2.45) is 0 Å². The summed E-state index contributed by atoms with van der Waals surface area (Å²) in [4.78, 5) is 3.22. The molecule has 3 N–H and O–H groups in total.